The monoisotopic (exact) mass is 620 g/mol. The van der Waals surface area contributed by atoms with E-state index < -0.39 is 5.66 Å². The minimum atomic E-state index is -0.693. The maximum absolute atomic E-state index is 6.87. The van der Waals surface area contributed by atoms with Gasteiger partial charge < -0.3 is 4.74 Å². The smallest absolute Gasteiger partial charge is 0.397 e. The zero-order chi connectivity index (χ0) is 32.1. The maximum Gasteiger partial charge on any atom is 0.397 e. The predicted molar refractivity (Wildman–Crippen MR) is 188 cm³/mol. The van der Waals surface area contributed by atoms with Crippen molar-refractivity contribution >= 4 is 21.8 Å². The van der Waals surface area contributed by atoms with Crippen LogP contribution >= 0.6 is 0 Å². The van der Waals surface area contributed by atoms with Crippen LogP contribution in [-0.2, 0) is 5.66 Å². The number of aryl methyl sites for hydroxylation is 2. The van der Waals surface area contributed by atoms with Crippen molar-refractivity contribution in [2.24, 2.45) is 0 Å². The fourth-order valence-electron chi connectivity index (χ4n) is 9.55. The fraction of sp³-hybridized carbons (Fsp3) is 0.116. The van der Waals surface area contributed by atoms with Gasteiger partial charge in [0.15, 0.2) is 11.1 Å². The molecule has 3 aromatic heterocycles. The zero-order valence-corrected chi connectivity index (χ0v) is 27.2. The van der Waals surface area contributed by atoms with E-state index >= 15 is 0 Å². The molecular weight excluding hydrogens is 589 g/mol. The van der Waals surface area contributed by atoms with Crippen molar-refractivity contribution in [1.29, 1.82) is 0 Å². The normalized spacial score (nSPS) is 16.2. The Morgan fingerprint density at radius 1 is 0.625 bits per heavy atom. The first kappa shape index (κ1) is 26.2. The number of ether oxygens (including phenoxy) is 1. The van der Waals surface area contributed by atoms with Gasteiger partial charge in [-0.1, -0.05) is 71.4 Å². The molecule has 228 valence electrons. The first-order chi connectivity index (χ1) is 23.5. The topological polar surface area (TPSA) is 26.8 Å². The molecule has 0 aliphatic carbocycles. The SMILES string of the molecule is Cc1cc(-c2c(C)n3[n+](c2C)C24c5c(cccc5-3)Oc3ccc5c6ccccc6n(c5c32)-c2cccc[n+]24)cc(C)c1-c1ccccc1. The second-order valence-electron chi connectivity index (χ2n) is 13.6. The molecule has 11 rings (SSSR count). The van der Waals surface area contributed by atoms with Crippen LogP contribution in [0.25, 0.3) is 55.6 Å². The zero-order valence-electron chi connectivity index (χ0n) is 27.2. The average Bonchev–Trinajstić information content (AvgIpc) is 3.70. The number of hydrogen-bond acceptors (Lipinski definition) is 1. The van der Waals surface area contributed by atoms with Crippen molar-refractivity contribution in [3.05, 3.63) is 155 Å². The van der Waals surface area contributed by atoms with Gasteiger partial charge in [0.25, 0.3) is 5.82 Å². The van der Waals surface area contributed by atoms with Gasteiger partial charge in [-0.05, 0) is 91.1 Å². The molecule has 1 atom stereocenters. The van der Waals surface area contributed by atoms with Gasteiger partial charge in [0, 0.05) is 23.8 Å². The van der Waals surface area contributed by atoms with Gasteiger partial charge in [0.1, 0.15) is 28.3 Å². The van der Waals surface area contributed by atoms with Crippen LogP contribution in [-0.4, -0.2) is 9.25 Å². The van der Waals surface area contributed by atoms with E-state index in [0.717, 1.165) is 23.0 Å². The molecule has 0 saturated carbocycles. The summed E-state index contributed by atoms with van der Waals surface area (Å²) < 4.78 is 16.8. The first-order valence-electron chi connectivity index (χ1n) is 16.7. The summed E-state index contributed by atoms with van der Waals surface area (Å²) in [5.41, 5.74) is 15.3. The molecular formula is C43H32N4O+2. The Hall–Kier alpha value is -5.94. The van der Waals surface area contributed by atoms with E-state index in [9.17, 15) is 0 Å². The maximum atomic E-state index is 6.87. The molecule has 3 aliphatic heterocycles. The van der Waals surface area contributed by atoms with Gasteiger partial charge >= 0.3 is 5.66 Å². The standard InChI is InChI=1S/C43H32N4O/c1-25-23-30(24-26(2)38(25)29-13-6-5-7-14-29)39-27(3)46-34-17-12-18-35-40(34)43(47(46)28(39)4)41-36(48-35)21-20-32-31-15-8-9-16-33(31)45(42(32)41)37-19-10-11-22-44(37)43/h5-24H,1-4H3/q+2. The molecule has 0 radical (unpaired) electrons. The number of para-hydroxylation sites is 1. The number of rotatable bonds is 2. The number of fused-ring (bicyclic) bond motifs is 7. The van der Waals surface area contributed by atoms with Crippen LogP contribution in [0.15, 0.2) is 121 Å². The lowest BCUT2D eigenvalue weighted by Gasteiger charge is -2.33. The highest BCUT2D eigenvalue weighted by molar-refractivity contribution is 6.11. The predicted octanol–water partition coefficient (Wildman–Crippen LogP) is 8.75. The van der Waals surface area contributed by atoms with Gasteiger partial charge in [0.2, 0.25) is 5.69 Å². The van der Waals surface area contributed by atoms with Gasteiger partial charge in [-0.15, -0.1) is 4.68 Å². The summed E-state index contributed by atoms with van der Waals surface area (Å²) >= 11 is 0. The molecule has 5 nitrogen and oxygen atoms in total. The van der Waals surface area contributed by atoms with Gasteiger partial charge in [-0.2, -0.15) is 9.13 Å². The number of aromatic nitrogens is 4. The summed E-state index contributed by atoms with van der Waals surface area (Å²) in [6.07, 6.45) is 2.26. The third-order valence-electron chi connectivity index (χ3n) is 11.1. The molecule has 0 fully saturated rings. The van der Waals surface area contributed by atoms with Crippen molar-refractivity contribution in [3.8, 4) is 45.3 Å². The largest absolute Gasteiger partial charge is 0.456 e. The number of benzene rings is 5. The third kappa shape index (κ3) is 2.83. The highest BCUT2D eigenvalue weighted by Crippen LogP contribution is 2.56. The van der Waals surface area contributed by atoms with Crippen molar-refractivity contribution < 1.29 is 14.0 Å². The Kier molecular flexibility index (Phi) is 4.74. The van der Waals surface area contributed by atoms with E-state index in [-0.39, 0.29) is 0 Å². The molecule has 5 heteroatoms. The molecule has 8 aromatic rings. The second-order valence-corrected chi connectivity index (χ2v) is 13.6. The Balaban J connectivity index is 1.30. The van der Waals surface area contributed by atoms with Crippen LogP contribution in [0.3, 0.4) is 0 Å². The highest BCUT2D eigenvalue weighted by atomic mass is 16.5. The number of pyridine rings is 1. The molecule has 5 aromatic carbocycles. The average molecular weight is 621 g/mol. The quantitative estimate of drug-likeness (QED) is 0.178. The number of nitrogens with zero attached hydrogens (tertiary/aromatic N) is 4. The summed E-state index contributed by atoms with van der Waals surface area (Å²) in [5, 5.41) is 2.49. The molecule has 0 bridgehead atoms. The van der Waals surface area contributed by atoms with Crippen molar-refractivity contribution in [1.82, 2.24) is 9.25 Å². The lowest BCUT2D eigenvalue weighted by molar-refractivity contribution is -0.995. The summed E-state index contributed by atoms with van der Waals surface area (Å²) in [6.45, 7) is 9.08. The van der Waals surface area contributed by atoms with E-state index in [2.05, 4.69) is 168 Å². The first-order valence-corrected chi connectivity index (χ1v) is 16.7. The fourth-order valence-corrected chi connectivity index (χ4v) is 9.55. The van der Waals surface area contributed by atoms with E-state index in [0.29, 0.717) is 0 Å². The van der Waals surface area contributed by atoms with Crippen molar-refractivity contribution in [3.63, 3.8) is 0 Å². The van der Waals surface area contributed by atoms with Crippen LogP contribution in [0.5, 0.6) is 11.5 Å². The second kappa shape index (κ2) is 8.69. The third-order valence-corrected chi connectivity index (χ3v) is 11.1. The Morgan fingerprint density at radius 3 is 2.21 bits per heavy atom. The van der Waals surface area contributed by atoms with Gasteiger partial charge in [0.05, 0.1) is 17.5 Å². The Labute approximate surface area is 278 Å². The molecule has 1 spiro atoms. The summed E-state index contributed by atoms with van der Waals surface area (Å²) in [6, 6.07) is 41.8. The minimum absolute atomic E-state index is 0.693. The lowest BCUT2D eigenvalue weighted by atomic mass is 9.83. The minimum Gasteiger partial charge on any atom is -0.456 e. The molecule has 48 heavy (non-hydrogen) atoms. The van der Waals surface area contributed by atoms with Crippen molar-refractivity contribution in [2.75, 3.05) is 0 Å². The summed E-state index contributed by atoms with van der Waals surface area (Å²) in [7, 11) is 0. The van der Waals surface area contributed by atoms with E-state index in [1.54, 1.807) is 0 Å². The highest BCUT2D eigenvalue weighted by Gasteiger charge is 2.69. The Morgan fingerprint density at radius 2 is 1.38 bits per heavy atom. The Bertz CT molecular complexity index is 2730. The lowest BCUT2D eigenvalue weighted by Crippen LogP contribution is -2.77. The van der Waals surface area contributed by atoms with Crippen LogP contribution in [0.2, 0.25) is 0 Å². The van der Waals surface area contributed by atoms with Crippen LogP contribution in [0.1, 0.15) is 33.6 Å². The molecule has 3 aliphatic rings. The van der Waals surface area contributed by atoms with Crippen LogP contribution in [0.4, 0.5) is 0 Å². The molecule has 0 N–H and O–H groups in total. The molecule has 6 heterocycles. The summed E-state index contributed by atoms with van der Waals surface area (Å²) in [5.74, 6) is 2.94. The van der Waals surface area contributed by atoms with Gasteiger partial charge in [-0.3, -0.25) is 0 Å². The number of hydrogen-bond donors (Lipinski definition) is 0. The van der Waals surface area contributed by atoms with Gasteiger partial charge in [-0.25, -0.2) is 0 Å². The van der Waals surface area contributed by atoms with Crippen LogP contribution in [0, 0.1) is 27.7 Å². The summed E-state index contributed by atoms with van der Waals surface area (Å²) in [4.78, 5) is 0. The van der Waals surface area contributed by atoms with Crippen molar-refractivity contribution in [2.45, 2.75) is 33.4 Å². The molecule has 0 saturated heterocycles. The molecule has 1 unspecified atom stereocenters. The molecule has 0 amide bonds. The van der Waals surface area contributed by atoms with E-state index in [1.807, 2.05) is 0 Å². The van der Waals surface area contributed by atoms with Crippen LogP contribution < -0.4 is 14.0 Å². The van der Waals surface area contributed by atoms with E-state index in [1.165, 1.54) is 77.7 Å². The van der Waals surface area contributed by atoms with E-state index in [4.69, 9.17) is 4.74 Å².